The largest absolute Gasteiger partial charge is 0.496 e. The van der Waals surface area contributed by atoms with Crippen molar-refractivity contribution in [1.82, 2.24) is 15.5 Å². The molecule has 3 heterocycles. The van der Waals surface area contributed by atoms with Crippen molar-refractivity contribution in [3.8, 4) is 17.2 Å². The zero-order valence-corrected chi connectivity index (χ0v) is 17.6. The minimum atomic E-state index is -0.254. The standard InChI is InChI=1S/C21H18BrN3O4/c1-11(13-6-7-17(27-3)15(22)9-13)23-20(26)14-10-16(18-5-4-8-28-18)24-21-19(14)12(2)25-29-21/h4-11H,1-3H3,(H,23,26). The summed E-state index contributed by atoms with van der Waals surface area (Å²) in [5, 5.41) is 7.58. The fourth-order valence-corrected chi connectivity index (χ4v) is 3.69. The zero-order valence-electron chi connectivity index (χ0n) is 16.0. The number of rotatable bonds is 5. The summed E-state index contributed by atoms with van der Waals surface area (Å²) in [5.41, 5.74) is 2.76. The first kappa shape index (κ1) is 19.2. The van der Waals surface area contributed by atoms with Crippen LogP contribution in [0.2, 0.25) is 0 Å². The van der Waals surface area contributed by atoms with Gasteiger partial charge in [0.15, 0.2) is 5.76 Å². The second-order valence-electron chi connectivity index (χ2n) is 6.57. The number of aryl methyl sites for hydroxylation is 1. The number of ether oxygens (including phenoxy) is 1. The number of carbonyl (C=O) groups excluding carboxylic acids is 1. The van der Waals surface area contributed by atoms with Crippen molar-refractivity contribution in [2.75, 3.05) is 7.11 Å². The number of carbonyl (C=O) groups is 1. The van der Waals surface area contributed by atoms with Gasteiger partial charge in [-0.3, -0.25) is 4.79 Å². The van der Waals surface area contributed by atoms with E-state index in [1.165, 1.54) is 0 Å². The van der Waals surface area contributed by atoms with Gasteiger partial charge in [-0.1, -0.05) is 11.2 Å². The summed E-state index contributed by atoms with van der Waals surface area (Å²) in [6.45, 7) is 3.69. The Morgan fingerprint density at radius 3 is 2.79 bits per heavy atom. The molecule has 4 aromatic rings. The zero-order chi connectivity index (χ0) is 20.5. The number of nitrogens with zero attached hydrogens (tertiary/aromatic N) is 2. The Bertz CT molecular complexity index is 1180. The molecular formula is C21H18BrN3O4. The summed E-state index contributed by atoms with van der Waals surface area (Å²) in [6, 6.07) is 10.7. The molecule has 1 amide bonds. The molecule has 0 radical (unpaired) electrons. The van der Waals surface area contributed by atoms with Crippen LogP contribution in [0.5, 0.6) is 5.75 Å². The molecule has 0 aliphatic carbocycles. The number of hydrogen-bond acceptors (Lipinski definition) is 6. The molecule has 0 saturated heterocycles. The Kier molecular flexibility index (Phi) is 5.10. The average molecular weight is 456 g/mol. The van der Waals surface area contributed by atoms with Gasteiger partial charge < -0.3 is 19.0 Å². The van der Waals surface area contributed by atoms with E-state index < -0.39 is 0 Å². The van der Waals surface area contributed by atoms with E-state index in [9.17, 15) is 4.79 Å². The molecule has 0 fully saturated rings. The summed E-state index contributed by atoms with van der Waals surface area (Å²) < 4.78 is 16.8. The number of nitrogens with one attached hydrogen (secondary N) is 1. The molecule has 4 rings (SSSR count). The number of halogens is 1. The van der Waals surface area contributed by atoms with E-state index in [1.54, 1.807) is 38.5 Å². The summed E-state index contributed by atoms with van der Waals surface area (Å²) in [6.07, 6.45) is 1.55. The number of fused-ring (bicyclic) bond motifs is 1. The van der Waals surface area contributed by atoms with E-state index >= 15 is 0 Å². The molecule has 0 aliphatic heterocycles. The van der Waals surface area contributed by atoms with Crippen LogP contribution in [0.15, 0.2) is 56.1 Å². The van der Waals surface area contributed by atoms with Crippen LogP contribution < -0.4 is 10.1 Å². The van der Waals surface area contributed by atoms with Crippen molar-refractivity contribution in [3.05, 3.63) is 64.0 Å². The van der Waals surface area contributed by atoms with Gasteiger partial charge in [0.25, 0.3) is 11.6 Å². The first-order valence-electron chi connectivity index (χ1n) is 8.93. The predicted molar refractivity (Wildman–Crippen MR) is 111 cm³/mol. The number of aromatic nitrogens is 2. The number of methoxy groups -OCH3 is 1. The number of hydrogen-bond donors (Lipinski definition) is 1. The third-order valence-corrected chi connectivity index (χ3v) is 5.28. The van der Waals surface area contributed by atoms with Crippen molar-refractivity contribution in [2.45, 2.75) is 19.9 Å². The van der Waals surface area contributed by atoms with Crippen molar-refractivity contribution >= 4 is 32.9 Å². The maximum atomic E-state index is 13.1. The molecule has 0 bridgehead atoms. The molecule has 0 aliphatic rings. The molecule has 1 atom stereocenters. The molecule has 1 N–H and O–H groups in total. The van der Waals surface area contributed by atoms with Gasteiger partial charge in [-0.2, -0.15) is 0 Å². The topological polar surface area (TPSA) is 90.4 Å². The highest BCUT2D eigenvalue weighted by atomic mass is 79.9. The summed E-state index contributed by atoms with van der Waals surface area (Å²) in [5.74, 6) is 1.02. The van der Waals surface area contributed by atoms with E-state index in [-0.39, 0.29) is 11.9 Å². The first-order chi connectivity index (χ1) is 14.0. The van der Waals surface area contributed by atoms with Crippen LogP contribution in [0.1, 0.15) is 34.6 Å². The number of furan rings is 1. The maximum absolute atomic E-state index is 13.1. The van der Waals surface area contributed by atoms with Crippen molar-refractivity contribution < 1.29 is 18.5 Å². The van der Waals surface area contributed by atoms with Crippen LogP contribution in [-0.2, 0) is 0 Å². The van der Waals surface area contributed by atoms with Crippen LogP contribution in [0.3, 0.4) is 0 Å². The SMILES string of the molecule is COc1ccc(C(C)NC(=O)c2cc(-c3ccco3)nc3onc(C)c23)cc1Br. The lowest BCUT2D eigenvalue weighted by Gasteiger charge is -2.16. The average Bonchev–Trinajstić information content (AvgIpc) is 3.37. The molecule has 1 aromatic carbocycles. The molecule has 148 valence electrons. The fraction of sp³-hybridized carbons (Fsp3) is 0.190. The number of amides is 1. The molecule has 3 aromatic heterocycles. The van der Waals surface area contributed by atoms with Crippen LogP contribution in [0, 0.1) is 6.92 Å². The monoisotopic (exact) mass is 455 g/mol. The lowest BCUT2D eigenvalue weighted by Crippen LogP contribution is -2.27. The molecule has 7 nitrogen and oxygen atoms in total. The number of benzene rings is 1. The quantitative estimate of drug-likeness (QED) is 0.452. The van der Waals surface area contributed by atoms with E-state index in [0.717, 1.165) is 15.8 Å². The van der Waals surface area contributed by atoms with Gasteiger partial charge in [0.1, 0.15) is 11.4 Å². The number of pyridine rings is 1. The highest BCUT2D eigenvalue weighted by Crippen LogP contribution is 2.30. The Balaban J connectivity index is 1.69. The minimum absolute atomic E-state index is 0.236. The lowest BCUT2D eigenvalue weighted by atomic mass is 10.1. The van der Waals surface area contributed by atoms with Gasteiger partial charge in [-0.05, 0) is 65.7 Å². The summed E-state index contributed by atoms with van der Waals surface area (Å²) in [7, 11) is 1.61. The van der Waals surface area contributed by atoms with Gasteiger partial charge in [0.05, 0.1) is 40.5 Å². The molecule has 0 spiro atoms. The normalized spacial score (nSPS) is 12.1. The van der Waals surface area contributed by atoms with E-state index in [0.29, 0.717) is 33.8 Å². The van der Waals surface area contributed by atoms with E-state index in [4.69, 9.17) is 13.7 Å². The molecule has 0 saturated carbocycles. The summed E-state index contributed by atoms with van der Waals surface area (Å²) in [4.78, 5) is 17.6. The molecule has 1 unspecified atom stereocenters. The van der Waals surface area contributed by atoms with Crippen molar-refractivity contribution in [2.24, 2.45) is 0 Å². The van der Waals surface area contributed by atoms with Gasteiger partial charge in [0, 0.05) is 0 Å². The fourth-order valence-electron chi connectivity index (χ4n) is 3.13. The Labute approximate surface area is 175 Å². The van der Waals surface area contributed by atoms with Gasteiger partial charge >= 0.3 is 0 Å². The van der Waals surface area contributed by atoms with E-state index in [1.807, 2.05) is 25.1 Å². The Morgan fingerprint density at radius 2 is 2.10 bits per heavy atom. The maximum Gasteiger partial charge on any atom is 0.259 e. The van der Waals surface area contributed by atoms with Crippen molar-refractivity contribution in [1.29, 1.82) is 0 Å². The van der Waals surface area contributed by atoms with Gasteiger partial charge in [-0.15, -0.1) is 0 Å². The third-order valence-electron chi connectivity index (χ3n) is 4.66. The minimum Gasteiger partial charge on any atom is -0.496 e. The lowest BCUT2D eigenvalue weighted by molar-refractivity contribution is 0.0941. The first-order valence-corrected chi connectivity index (χ1v) is 9.72. The van der Waals surface area contributed by atoms with E-state index in [2.05, 4.69) is 31.4 Å². The predicted octanol–water partition coefficient (Wildman–Crippen LogP) is 5.05. The van der Waals surface area contributed by atoms with Crippen LogP contribution in [0.4, 0.5) is 0 Å². The van der Waals surface area contributed by atoms with Crippen molar-refractivity contribution in [3.63, 3.8) is 0 Å². The van der Waals surface area contributed by atoms with Gasteiger partial charge in [0.2, 0.25) is 0 Å². The Morgan fingerprint density at radius 1 is 1.28 bits per heavy atom. The second kappa shape index (κ2) is 7.71. The molecule has 8 heteroatoms. The summed E-state index contributed by atoms with van der Waals surface area (Å²) >= 11 is 3.48. The molecule has 29 heavy (non-hydrogen) atoms. The Hall–Kier alpha value is -3.13. The second-order valence-corrected chi connectivity index (χ2v) is 7.42. The van der Waals surface area contributed by atoms with Crippen LogP contribution in [-0.4, -0.2) is 23.2 Å². The third kappa shape index (κ3) is 3.63. The van der Waals surface area contributed by atoms with Gasteiger partial charge in [-0.25, -0.2) is 4.98 Å². The highest BCUT2D eigenvalue weighted by Gasteiger charge is 2.21. The smallest absolute Gasteiger partial charge is 0.259 e. The molecular weight excluding hydrogens is 438 g/mol. The van der Waals surface area contributed by atoms with Crippen LogP contribution in [0.25, 0.3) is 22.6 Å². The van der Waals surface area contributed by atoms with Crippen LogP contribution >= 0.6 is 15.9 Å². The highest BCUT2D eigenvalue weighted by molar-refractivity contribution is 9.10.